The number of nitro groups is 1. The van der Waals surface area contributed by atoms with Crippen molar-refractivity contribution in [3.63, 3.8) is 0 Å². The molecular weight excluding hydrogens is 293 g/mol. The lowest BCUT2D eigenvalue weighted by Crippen LogP contribution is -2.38. The van der Waals surface area contributed by atoms with Crippen LogP contribution in [0.3, 0.4) is 0 Å². The smallest absolute Gasteiger partial charge is 0.416 e. The zero-order valence-corrected chi connectivity index (χ0v) is 11.2. The van der Waals surface area contributed by atoms with E-state index in [0.717, 1.165) is 11.0 Å². The van der Waals surface area contributed by atoms with Crippen molar-refractivity contribution < 1.29 is 28.0 Å². The Morgan fingerprint density at radius 2 is 2.05 bits per heavy atom. The number of hydrogen-bond acceptors (Lipinski definition) is 4. The minimum Gasteiger partial charge on any atom is -0.480 e. The number of nitrogens with zero attached hydrogens (tertiary/aromatic N) is 2. The molecule has 0 amide bonds. The van der Waals surface area contributed by atoms with Gasteiger partial charge in [-0.2, -0.15) is 13.2 Å². The van der Waals surface area contributed by atoms with Gasteiger partial charge in [-0.15, -0.1) is 0 Å². The second-order valence-electron chi connectivity index (χ2n) is 4.33. The van der Waals surface area contributed by atoms with Crippen molar-refractivity contribution in [3.8, 4) is 0 Å². The minimum absolute atomic E-state index is 0.143. The van der Waals surface area contributed by atoms with E-state index in [4.69, 9.17) is 5.11 Å². The van der Waals surface area contributed by atoms with Gasteiger partial charge in [0.25, 0.3) is 5.69 Å². The lowest BCUT2D eigenvalue weighted by Gasteiger charge is -2.25. The highest BCUT2D eigenvalue weighted by molar-refractivity contribution is 5.80. The quantitative estimate of drug-likeness (QED) is 0.668. The predicted molar refractivity (Wildman–Crippen MR) is 68.2 cm³/mol. The van der Waals surface area contributed by atoms with Crippen LogP contribution in [0.1, 0.15) is 18.9 Å². The van der Waals surface area contributed by atoms with Crippen molar-refractivity contribution in [1.82, 2.24) is 0 Å². The highest BCUT2D eigenvalue weighted by Gasteiger charge is 2.34. The molecule has 1 N–H and O–H groups in total. The summed E-state index contributed by atoms with van der Waals surface area (Å²) in [7, 11) is 1.29. The van der Waals surface area contributed by atoms with Crippen molar-refractivity contribution in [2.45, 2.75) is 25.6 Å². The molecule has 0 spiro atoms. The van der Waals surface area contributed by atoms with Gasteiger partial charge in [-0.05, 0) is 18.6 Å². The maximum atomic E-state index is 12.6. The van der Waals surface area contributed by atoms with Gasteiger partial charge < -0.3 is 10.0 Å². The Balaban J connectivity index is 3.36. The molecule has 1 aromatic carbocycles. The van der Waals surface area contributed by atoms with Gasteiger partial charge in [0.05, 0.1) is 10.5 Å². The zero-order chi connectivity index (χ0) is 16.4. The van der Waals surface area contributed by atoms with Gasteiger partial charge >= 0.3 is 12.1 Å². The van der Waals surface area contributed by atoms with E-state index >= 15 is 0 Å². The molecule has 0 saturated heterocycles. The summed E-state index contributed by atoms with van der Waals surface area (Å²) >= 11 is 0. The first-order valence-electron chi connectivity index (χ1n) is 5.90. The Morgan fingerprint density at radius 3 is 2.43 bits per heavy atom. The van der Waals surface area contributed by atoms with Gasteiger partial charge in [0.2, 0.25) is 0 Å². The monoisotopic (exact) mass is 306 g/mol. The van der Waals surface area contributed by atoms with Crippen LogP contribution in [0.4, 0.5) is 24.5 Å². The molecule has 1 atom stereocenters. The third-order valence-electron chi connectivity index (χ3n) is 3.02. The summed E-state index contributed by atoms with van der Waals surface area (Å²) < 4.78 is 37.8. The Bertz CT molecular complexity index is 560. The van der Waals surface area contributed by atoms with Crippen molar-refractivity contribution in [2.75, 3.05) is 11.9 Å². The summed E-state index contributed by atoms with van der Waals surface area (Å²) in [6.07, 6.45) is -4.57. The largest absolute Gasteiger partial charge is 0.480 e. The van der Waals surface area contributed by atoms with Crippen LogP contribution < -0.4 is 4.90 Å². The molecule has 0 radical (unpaired) electrons. The van der Waals surface area contributed by atoms with Crippen LogP contribution in [0.5, 0.6) is 0 Å². The number of anilines is 1. The molecule has 116 valence electrons. The number of carbonyl (C=O) groups is 1. The molecule has 0 aliphatic heterocycles. The number of carboxylic acid groups (broad SMARTS) is 1. The Hall–Kier alpha value is -2.32. The number of benzene rings is 1. The third-order valence-corrected chi connectivity index (χ3v) is 3.02. The van der Waals surface area contributed by atoms with Gasteiger partial charge in [-0.1, -0.05) is 6.92 Å². The molecule has 1 unspecified atom stereocenters. The Labute approximate surface area is 117 Å². The number of nitro benzene ring substituents is 1. The average molecular weight is 306 g/mol. The average Bonchev–Trinajstić information content (AvgIpc) is 2.37. The molecule has 1 aromatic rings. The molecule has 0 aliphatic rings. The third kappa shape index (κ3) is 3.61. The topological polar surface area (TPSA) is 83.7 Å². The van der Waals surface area contributed by atoms with Gasteiger partial charge in [0, 0.05) is 13.1 Å². The van der Waals surface area contributed by atoms with E-state index < -0.39 is 34.4 Å². The number of alkyl halides is 3. The molecule has 0 fully saturated rings. The van der Waals surface area contributed by atoms with Crippen LogP contribution in [0.2, 0.25) is 0 Å². The second kappa shape index (κ2) is 5.98. The number of halogens is 3. The number of rotatable bonds is 5. The molecule has 6 nitrogen and oxygen atoms in total. The van der Waals surface area contributed by atoms with E-state index in [9.17, 15) is 28.1 Å². The first-order chi connectivity index (χ1) is 9.59. The first kappa shape index (κ1) is 16.7. The number of aliphatic carboxylic acids is 1. The number of likely N-dealkylation sites (N-methyl/N-ethyl adjacent to an activating group) is 1. The van der Waals surface area contributed by atoms with Crippen molar-refractivity contribution >= 4 is 17.3 Å². The Kier molecular flexibility index (Phi) is 4.77. The maximum absolute atomic E-state index is 12.6. The molecule has 9 heteroatoms. The van der Waals surface area contributed by atoms with Crippen LogP contribution in [0.25, 0.3) is 0 Å². The van der Waals surface area contributed by atoms with Gasteiger partial charge in [-0.25, -0.2) is 4.79 Å². The van der Waals surface area contributed by atoms with Crippen LogP contribution in [-0.4, -0.2) is 29.1 Å². The summed E-state index contributed by atoms with van der Waals surface area (Å²) in [4.78, 5) is 22.1. The molecule has 0 aromatic heterocycles. The van der Waals surface area contributed by atoms with E-state index in [2.05, 4.69) is 0 Å². The van der Waals surface area contributed by atoms with Gasteiger partial charge in [0.15, 0.2) is 0 Å². The maximum Gasteiger partial charge on any atom is 0.416 e. The summed E-state index contributed by atoms with van der Waals surface area (Å²) in [6.45, 7) is 1.56. The summed E-state index contributed by atoms with van der Waals surface area (Å²) in [5.74, 6) is -1.21. The molecule has 21 heavy (non-hydrogen) atoms. The fraction of sp³-hybridized carbons (Fsp3) is 0.417. The van der Waals surface area contributed by atoms with Crippen LogP contribution in [0.15, 0.2) is 18.2 Å². The minimum atomic E-state index is -4.71. The molecule has 0 saturated carbocycles. The number of carboxylic acids is 1. The van der Waals surface area contributed by atoms with Crippen molar-refractivity contribution in [2.24, 2.45) is 0 Å². The highest BCUT2D eigenvalue weighted by atomic mass is 19.4. The SMILES string of the molecule is CCC(C(=O)O)N(C)c1ccc(C(F)(F)F)cc1[N+](=O)[O-]. The van der Waals surface area contributed by atoms with Crippen LogP contribution >= 0.6 is 0 Å². The lowest BCUT2D eigenvalue weighted by atomic mass is 10.1. The van der Waals surface area contributed by atoms with Crippen LogP contribution in [0, 0.1) is 10.1 Å². The molecule has 1 rings (SSSR count). The molecule has 0 bridgehead atoms. The normalized spacial score (nSPS) is 12.8. The first-order valence-corrected chi connectivity index (χ1v) is 5.90. The predicted octanol–water partition coefficient (Wildman–Crippen LogP) is 2.91. The van der Waals surface area contributed by atoms with Crippen molar-refractivity contribution in [1.29, 1.82) is 0 Å². The van der Waals surface area contributed by atoms with E-state index in [0.29, 0.717) is 12.1 Å². The molecule has 0 heterocycles. The number of hydrogen-bond donors (Lipinski definition) is 1. The fourth-order valence-corrected chi connectivity index (χ4v) is 1.93. The Morgan fingerprint density at radius 1 is 1.48 bits per heavy atom. The van der Waals surface area contributed by atoms with E-state index in [1.165, 1.54) is 7.05 Å². The van der Waals surface area contributed by atoms with E-state index in [1.807, 2.05) is 0 Å². The highest BCUT2D eigenvalue weighted by Crippen LogP contribution is 2.36. The summed E-state index contributed by atoms with van der Waals surface area (Å²) in [5.41, 5.74) is -2.12. The fourth-order valence-electron chi connectivity index (χ4n) is 1.93. The zero-order valence-electron chi connectivity index (χ0n) is 11.2. The van der Waals surface area contributed by atoms with Gasteiger partial charge in [0.1, 0.15) is 11.7 Å². The van der Waals surface area contributed by atoms with Crippen molar-refractivity contribution in [3.05, 3.63) is 33.9 Å². The molecule has 0 aliphatic carbocycles. The lowest BCUT2D eigenvalue weighted by molar-refractivity contribution is -0.384. The molecular formula is C12H13F3N2O4. The van der Waals surface area contributed by atoms with E-state index in [1.54, 1.807) is 6.92 Å². The second-order valence-corrected chi connectivity index (χ2v) is 4.33. The standard InChI is InChI=1S/C12H13F3N2O4/c1-3-8(11(18)19)16(2)9-5-4-7(12(13,14)15)6-10(9)17(20)21/h4-6,8H,3H2,1-2H3,(H,18,19). The van der Waals surface area contributed by atoms with E-state index in [-0.39, 0.29) is 12.1 Å². The van der Waals surface area contributed by atoms with Crippen LogP contribution in [-0.2, 0) is 11.0 Å². The van der Waals surface area contributed by atoms with Gasteiger partial charge in [-0.3, -0.25) is 10.1 Å². The summed E-state index contributed by atoms with van der Waals surface area (Å²) in [5, 5.41) is 20.0. The summed E-state index contributed by atoms with van der Waals surface area (Å²) in [6, 6.07) is 0.931.